The zero-order chi connectivity index (χ0) is 21.0. The molecular weight excluding hydrogens is 385 g/mol. The Morgan fingerprint density at radius 3 is 2.45 bits per heavy atom. The number of nitriles is 1. The molecule has 0 unspecified atom stereocenters. The van der Waals surface area contributed by atoms with E-state index in [1.54, 1.807) is 12.1 Å². The Kier molecular flexibility index (Phi) is 5.54. The Morgan fingerprint density at radius 2 is 1.76 bits per heavy atom. The Bertz CT molecular complexity index is 1060. The van der Waals surface area contributed by atoms with Crippen molar-refractivity contribution in [1.82, 2.24) is 24.9 Å². The van der Waals surface area contributed by atoms with Crippen LogP contribution in [0.4, 0.5) is 30.8 Å². The summed E-state index contributed by atoms with van der Waals surface area (Å²) in [5.74, 6) is 0.120. The zero-order valence-electron chi connectivity index (χ0n) is 15.4. The molecule has 0 saturated heterocycles. The van der Waals surface area contributed by atoms with Gasteiger partial charge in [0.1, 0.15) is 17.5 Å². The van der Waals surface area contributed by atoms with Crippen LogP contribution in [-0.4, -0.2) is 31.0 Å². The molecule has 0 bridgehead atoms. The lowest BCUT2D eigenvalue weighted by atomic mass is 10.3. The molecule has 3 heterocycles. The van der Waals surface area contributed by atoms with Gasteiger partial charge >= 0.3 is 6.18 Å². The SMILES string of the molecule is CC(C)Nc1nc(Nc2cccnc2C#N)nc(-c2cccc(C(F)(F)F)n2)n1. The van der Waals surface area contributed by atoms with Crippen molar-refractivity contribution in [1.29, 1.82) is 5.26 Å². The first-order chi connectivity index (χ1) is 13.8. The van der Waals surface area contributed by atoms with Crippen LogP contribution in [0.5, 0.6) is 0 Å². The minimum Gasteiger partial charge on any atom is -0.352 e. The van der Waals surface area contributed by atoms with Gasteiger partial charge in [0.15, 0.2) is 11.5 Å². The van der Waals surface area contributed by atoms with Crippen molar-refractivity contribution in [3.8, 4) is 17.6 Å². The van der Waals surface area contributed by atoms with E-state index in [0.717, 1.165) is 6.07 Å². The molecule has 2 N–H and O–H groups in total. The molecular formula is C18H15F3N8. The summed E-state index contributed by atoms with van der Waals surface area (Å²) in [6.45, 7) is 3.71. The number of hydrogen-bond acceptors (Lipinski definition) is 8. The van der Waals surface area contributed by atoms with Gasteiger partial charge in [0.05, 0.1) is 5.69 Å². The normalized spacial score (nSPS) is 11.2. The summed E-state index contributed by atoms with van der Waals surface area (Å²) in [7, 11) is 0. The highest BCUT2D eigenvalue weighted by Crippen LogP contribution is 2.29. The van der Waals surface area contributed by atoms with Crippen molar-refractivity contribution in [2.24, 2.45) is 0 Å². The summed E-state index contributed by atoms with van der Waals surface area (Å²) in [6.07, 6.45) is -3.14. The van der Waals surface area contributed by atoms with Crippen molar-refractivity contribution >= 4 is 17.6 Å². The fraction of sp³-hybridized carbons (Fsp3) is 0.222. The highest BCUT2D eigenvalue weighted by molar-refractivity contribution is 5.62. The van der Waals surface area contributed by atoms with Gasteiger partial charge in [0.2, 0.25) is 11.9 Å². The molecule has 0 aliphatic carbocycles. The summed E-state index contributed by atoms with van der Waals surface area (Å²) in [5, 5.41) is 15.0. The smallest absolute Gasteiger partial charge is 0.352 e. The van der Waals surface area contributed by atoms with E-state index in [0.29, 0.717) is 5.69 Å². The Hall–Kier alpha value is -3.81. The van der Waals surface area contributed by atoms with Gasteiger partial charge < -0.3 is 10.6 Å². The fourth-order valence-corrected chi connectivity index (χ4v) is 2.30. The lowest BCUT2D eigenvalue weighted by Crippen LogP contribution is -2.15. The summed E-state index contributed by atoms with van der Waals surface area (Å²) in [5.41, 5.74) is -0.657. The number of anilines is 3. The van der Waals surface area contributed by atoms with E-state index >= 15 is 0 Å². The quantitative estimate of drug-likeness (QED) is 0.665. The molecule has 3 aromatic rings. The summed E-state index contributed by atoms with van der Waals surface area (Å²) >= 11 is 0. The monoisotopic (exact) mass is 400 g/mol. The van der Waals surface area contributed by atoms with Gasteiger partial charge in [-0.2, -0.15) is 33.4 Å². The molecule has 0 aliphatic rings. The third-order valence-corrected chi connectivity index (χ3v) is 3.48. The number of alkyl halides is 3. The highest BCUT2D eigenvalue weighted by Gasteiger charge is 2.32. The molecule has 0 amide bonds. The van der Waals surface area contributed by atoms with Crippen molar-refractivity contribution in [2.75, 3.05) is 10.6 Å². The van der Waals surface area contributed by atoms with Crippen LogP contribution in [0.2, 0.25) is 0 Å². The molecule has 3 rings (SSSR count). The molecule has 8 nitrogen and oxygen atoms in total. The first-order valence-corrected chi connectivity index (χ1v) is 8.45. The molecule has 11 heteroatoms. The van der Waals surface area contributed by atoms with Gasteiger partial charge in [-0.25, -0.2) is 9.97 Å². The molecule has 0 spiro atoms. The number of halogens is 3. The van der Waals surface area contributed by atoms with Gasteiger partial charge in [-0.1, -0.05) is 6.07 Å². The number of hydrogen-bond donors (Lipinski definition) is 2. The topological polar surface area (TPSA) is 112 Å². The second-order valence-electron chi connectivity index (χ2n) is 6.15. The van der Waals surface area contributed by atoms with Crippen molar-refractivity contribution in [3.05, 3.63) is 47.9 Å². The molecule has 148 valence electrons. The molecule has 0 radical (unpaired) electrons. The van der Waals surface area contributed by atoms with Crippen LogP contribution >= 0.6 is 0 Å². The van der Waals surface area contributed by atoms with E-state index in [2.05, 4.69) is 35.6 Å². The third kappa shape index (κ3) is 4.92. The maximum Gasteiger partial charge on any atom is 0.433 e. The van der Waals surface area contributed by atoms with Gasteiger partial charge in [-0.3, -0.25) is 0 Å². The predicted molar refractivity (Wildman–Crippen MR) is 99.1 cm³/mol. The fourth-order valence-electron chi connectivity index (χ4n) is 2.30. The Labute approximate surface area is 163 Å². The van der Waals surface area contributed by atoms with Crippen molar-refractivity contribution < 1.29 is 13.2 Å². The van der Waals surface area contributed by atoms with Gasteiger partial charge in [-0.05, 0) is 38.1 Å². The lowest BCUT2D eigenvalue weighted by Gasteiger charge is -2.13. The standard InChI is InChI=1S/C18H15F3N8/c1-10(2)24-16-27-15(12-5-3-7-14(25-12)18(19,20)21)28-17(29-16)26-11-6-4-8-23-13(11)9-22/h3-8,10H,1-2H3,(H2,24,26,27,28,29). The second-order valence-corrected chi connectivity index (χ2v) is 6.15. The predicted octanol–water partition coefficient (Wildman–Crippen LogP) is 3.78. The van der Waals surface area contributed by atoms with Gasteiger partial charge in [0, 0.05) is 12.2 Å². The average molecular weight is 400 g/mol. The van der Waals surface area contributed by atoms with Crippen LogP contribution in [0, 0.1) is 11.3 Å². The van der Waals surface area contributed by atoms with E-state index < -0.39 is 11.9 Å². The minimum atomic E-state index is -4.60. The second kappa shape index (κ2) is 8.05. The van der Waals surface area contributed by atoms with E-state index in [-0.39, 0.29) is 35.2 Å². The van der Waals surface area contributed by atoms with Gasteiger partial charge in [-0.15, -0.1) is 0 Å². The number of pyridine rings is 2. The minimum absolute atomic E-state index is 0.0295. The molecule has 0 atom stereocenters. The van der Waals surface area contributed by atoms with Crippen molar-refractivity contribution in [2.45, 2.75) is 26.1 Å². The van der Waals surface area contributed by atoms with Crippen LogP contribution in [0.3, 0.4) is 0 Å². The van der Waals surface area contributed by atoms with Crippen LogP contribution in [-0.2, 0) is 6.18 Å². The molecule has 0 fully saturated rings. The first-order valence-electron chi connectivity index (χ1n) is 8.45. The average Bonchev–Trinajstić information content (AvgIpc) is 2.67. The summed E-state index contributed by atoms with van der Waals surface area (Å²) in [4.78, 5) is 20.1. The summed E-state index contributed by atoms with van der Waals surface area (Å²) < 4.78 is 39.0. The Balaban J connectivity index is 2.06. The molecule has 0 aromatic carbocycles. The zero-order valence-corrected chi connectivity index (χ0v) is 15.4. The lowest BCUT2D eigenvalue weighted by molar-refractivity contribution is -0.141. The molecule has 0 aliphatic heterocycles. The number of nitrogens with one attached hydrogen (secondary N) is 2. The highest BCUT2D eigenvalue weighted by atomic mass is 19.4. The van der Waals surface area contributed by atoms with E-state index in [9.17, 15) is 18.4 Å². The van der Waals surface area contributed by atoms with Crippen LogP contribution < -0.4 is 10.6 Å². The number of rotatable bonds is 5. The maximum absolute atomic E-state index is 13.0. The van der Waals surface area contributed by atoms with Crippen LogP contribution in [0.1, 0.15) is 25.2 Å². The van der Waals surface area contributed by atoms with Crippen molar-refractivity contribution in [3.63, 3.8) is 0 Å². The van der Waals surface area contributed by atoms with E-state index in [1.807, 2.05) is 19.9 Å². The molecule has 3 aromatic heterocycles. The number of aromatic nitrogens is 5. The van der Waals surface area contributed by atoms with E-state index in [1.165, 1.54) is 18.3 Å². The molecule has 0 saturated carbocycles. The summed E-state index contributed by atoms with van der Waals surface area (Å²) in [6, 6.07) is 8.59. The number of nitrogens with zero attached hydrogens (tertiary/aromatic N) is 6. The van der Waals surface area contributed by atoms with E-state index in [4.69, 9.17) is 0 Å². The molecule has 29 heavy (non-hydrogen) atoms. The Morgan fingerprint density at radius 1 is 1.00 bits per heavy atom. The third-order valence-electron chi connectivity index (χ3n) is 3.48. The van der Waals surface area contributed by atoms with Crippen LogP contribution in [0.25, 0.3) is 11.5 Å². The first kappa shape index (κ1) is 19.9. The maximum atomic E-state index is 13.0. The van der Waals surface area contributed by atoms with Crippen LogP contribution in [0.15, 0.2) is 36.5 Å². The largest absolute Gasteiger partial charge is 0.433 e. The van der Waals surface area contributed by atoms with Gasteiger partial charge in [0.25, 0.3) is 0 Å².